The van der Waals surface area contributed by atoms with Crippen molar-refractivity contribution in [1.29, 1.82) is 0 Å². The van der Waals surface area contributed by atoms with E-state index in [1.54, 1.807) is 72.8 Å². The Labute approximate surface area is 341 Å². The van der Waals surface area contributed by atoms with Crippen molar-refractivity contribution in [2.75, 3.05) is 10.8 Å². The van der Waals surface area contributed by atoms with Gasteiger partial charge in [0.05, 0.1) is 22.6 Å². The largest absolute Gasteiger partial charge is 0.505 e. The van der Waals surface area contributed by atoms with Gasteiger partial charge in [-0.3, -0.25) is 19.9 Å². The number of nitrogens with zero attached hydrogens (tertiary/aromatic N) is 4. The Morgan fingerprint density at radius 3 is 1.80 bits per heavy atom. The van der Waals surface area contributed by atoms with Crippen LogP contribution in [0.25, 0.3) is 32.7 Å². The summed E-state index contributed by atoms with van der Waals surface area (Å²) in [6.07, 6.45) is 0. The number of hydrogen-bond donors (Lipinski definition) is 4. The standard InChI is InChI=1S/C47H31ClN6O5/c48-30-11-8-14-32(23-30)49-47(58)41-22-28-10-5-7-16-36(28)43(46(41)57)53-51-34-18-20-38-37-19-17-33(24-39(37)45(56)40(38)25-34)50-52-42-35-15-6-4-9-27(35)21-29(44(42)55)26-59-54-31-12-2-1-3-13-31/h1-25,54-55,57H,26H2,(H,49,58). The maximum atomic E-state index is 13.8. The molecule has 1 aliphatic rings. The highest BCUT2D eigenvalue weighted by atomic mass is 35.5. The third-order valence-electron chi connectivity index (χ3n) is 9.90. The Morgan fingerprint density at radius 2 is 1.15 bits per heavy atom. The van der Waals surface area contributed by atoms with Crippen molar-refractivity contribution in [3.8, 4) is 22.6 Å². The molecule has 0 radical (unpaired) electrons. The topological polar surface area (TPSA) is 157 Å². The predicted molar refractivity (Wildman–Crippen MR) is 229 cm³/mol. The van der Waals surface area contributed by atoms with Crippen LogP contribution in [-0.4, -0.2) is 21.9 Å². The molecule has 1 amide bonds. The van der Waals surface area contributed by atoms with Crippen molar-refractivity contribution in [3.63, 3.8) is 0 Å². The summed E-state index contributed by atoms with van der Waals surface area (Å²) in [7, 11) is 0. The molecule has 8 aromatic carbocycles. The zero-order chi connectivity index (χ0) is 40.5. The fraction of sp³-hybridized carbons (Fsp3) is 0.0213. The van der Waals surface area contributed by atoms with Crippen molar-refractivity contribution in [3.05, 3.63) is 179 Å². The number of ketones is 1. The van der Waals surface area contributed by atoms with Gasteiger partial charge >= 0.3 is 0 Å². The highest BCUT2D eigenvalue weighted by Gasteiger charge is 2.27. The van der Waals surface area contributed by atoms with E-state index in [1.807, 2.05) is 78.9 Å². The monoisotopic (exact) mass is 794 g/mol. The van der Waals surface area contributed by atoms with E-state index in [1.165, 1.54) is 0 Å². The molecular weight excluding hydrogens is 764 g/mol. The van der Waals surface area contributed by atoms with Crippen LogP contribution in [0.15, 0.2) is 172 Å². The van der Waals surface area contributed by atoms with Crippen molar-refractivity contribution in [1.82, 2.24) is 0 Å². The molecule has 9 rings (SSSR count). The first-order valence-corrected chi connectivity index (χ1v) is 18.8. The molecule has 0 heterocycles. The summed E-state index contributed by atoms with van der Waals surface area (Å²) in [4.78, 5) is 32.9. The molecule has 11 nitrogen and oxygen atoms in total. The van der Waals surface area contributed by atoms with Gasteiger partial charge in [0.15, 0.2) is 11.5 Å². The second-order valence-electron chi connectivity index (χ2n) is 13.7. The third-order valence-corrected chi connectivity index (χ3v) is 10.1. The van der Waals surface area contributed by atoms with Crippen LogP contribution in [0.4, 0.5) is 34.1 Å². The van der Waals surface area contributed by atoms with Crippen LogP contribution < -0.4 is 10.8 Å². The quantitative estimate of drug-likeness (QED) is 0.0797. The Bertz CT molecular complexity index is 3040. The van der Waals surface area contributed by atoms with E-state index in [-0.39, 0.29) is 40.8 Å². The van der Waals surface area contributed by atoms with Gasteiger partial charge in [-0.05, 0) is 88.6 Å². The molecule has 0 atom stereocenters. The molecule has 0 fully saturated rings. The number of nitrogens with one attached hydrogen (secondary N) is 2. The number of carbonyl (C=O) groups is 2. The zero-order valence-corrected chi connectivity index (χ0v) is 31.7. The summed E-state index contributed by atoms with van der Waals surface area (Å²) in [5, 5.41) is 46.4. The molecule has 1 aliphatic carbocycles. The fourth-order valence-corrected chi connectivity index (χ4v) is 7.23. The van der Waals surface area contributed by atoms with Crippen LogP contribution in [0.5, 0.6) is 11.5 Å². The smallest absolute Gasteiger partial charge is 0.259 e. The van der Waals surface area contributed by atoms with E-state index in [9.17, 15) is 19.8 Å². The maximum Gasteiger partial charge on any atom is 0.259 e. The van der Waals surface area contributed by atoms with Crippen LogP contribution in [0, 0.1) is 0 Å². The number of phenols is 2. The molecule has 286 valence electrons. The van der Waals surface area contributed by atoms with E-state index >= 15 is 0 Å². The van der Waals surface area contributed by atoms with Crippen molar-refractivity contribution < 1.29 is 24.6 Å². The lowest BCUT2D eigenvalue weighted by Crippen LogP contribution is -2.12. The Hall–Kier alpha value is -7.73. The number of azo groups is 2. The molecular formula is C47H31ClN6O5. The van der Waals surface area contributed by atoms with Crippen LogP contribution >= 0.6 is 11.6 Å². The second-order valence-corrected chi connectivity index (χ2v) is 14.1. The Kier molecular flexibility index (Phi) is 9.79. The first-order chi connectivity index (χ1) is 28.8. The number of rotatable bonds is 10. The molecule has 0 unspecified atom stereocenters. The van der Waals surface area contributed by atoms with Gasteiger partial charge in [0.2, 0.25) is 0 Å². The van der Waals surface area contributed by atoms with E-state index in [0.29, 0.717) is 54.9 Å². The number of halogens is 1. The van der Waals surface area contributed by atoms with Gasteiger partial charge in [0.1, 0.15) is 23.7 Å². The van der Waals surface area contributed by atoms with Crippen LogP contribution in [0.3, 0.4) is 0 Å². The first-order valence-electron chi connectivity index (χ1n) is 18.5. The lowest BCUT2D eigenvalue weighted by Gasteiger charge is -2.12. The molecule has 0 spiro atoms. The number of carbonyl (C=O) groups excluding carboxylic acids is 2. The number of amides is 1. The van der Waals surface area contributed by atoms with E-state index in [2.05, 4.69) is 31.3 Å². The average Bonchev–Trinajstić information content (AvgIpc) is 3.53. The zero-order valence-electron chi connectivity index (χ0n) is 30.9. The third kappa shape index (κ3) is 7.35. The van der Waals surface area contributed by atoms with E-state index in [4.69, 9.17) is 16.4 Å². The van der Waals surface area contributed by atoms with Crippen molar-refractivity contribution in [2.45, 2.75) is 6.61 Å². The number of hydrogen-bond acceptors (Lipinski definition) is 10. The number of aromatic hydroxyl groups is 2. The maximum absolute atomic E-state index is 13.8. The highest BCUT2D eigenvalue weighted by Crippen LogP contribution is 2.44. The fourth-order valence-electron chi connectivity index (χ4n) is 7.04. The minimum Gasteiger partial charge on any atom is -0.505 e. The van der Waals surface area contributed by atoms with Crippen molar-refractivity contribution >= 4 is 79.0 Å². The molecule has 0 saturated heterocycles. The summed E-state index contributed by atoms with van der Waals surface area (Å²) in [6.45, 7) is 0.0629. The van der Waals surface area contributed by atoms with Gasteiger partial charge in [-0.1, -0.05) is 96.5 Å². The van der Waals surface area contributed by atoms with E-state index < -0.39 is 5.91 Å². The summed E-state index contributed by atoms with van der Waals surface area (Å²) in [6, 6.07) is 44.7. The van der Waals surface area contributed by atoms with Crippen LogP contribution in [-0.2, 0) is 11.4 Å². The van der Waals surface area contributed by atoms with Gasteiger partial charge in [0, 0.05) is 38.2 Å². The number of benzene rings is 8. The lowest BCUT2D eigenvalue weighted by molar-refractivity contribution is 0.102. The average molecular weight is 795 g/mol. The molecule has 0 aliphatic heterocycles. The van der Waals surface area contributed by atoms with Crippen LogP contribution in [0.1, 0.15) is 31.8 Å². The van der Waals surface area contributed by atoms with Gasteiger partial charge in [-0.25, -0.2) is 0 Å². The Balaban J connectivity index is 0.972. The van der Waals surface area contributed by atoms with Crippen molar-refractivity contribution in [2.24, 2.45) is 20.5 Å². The first kappa shape index (κ1) is 36.9. The molecule has 8 aromatic rings. The van der Waals surface area contributed by atoms with Gasteiger partial charge < -0.3 is 15.5 Å². The summed E-state index contributed by atoms with van der Waals surface area (Å²) < 4.78 is 0. The molecule has 0 bridgehead atoms. The predicted octanol–water partition coefficient (Wildman–Crippen LogP) is 12.9. The minimum atomic E-state index is -0.549. The summed E-state index contributed by atoms with van der Waals surface area (Å²) in [5.74, 6) is -1.19. The molecule has 0 aromatic heterocycles. The van der Waals surface area contributed by atoms with Gasteiger partial charge in [-0.2, -0.15) is 10.2 Å². The second kappa shape index (κ2) is 15.7. The minimum absolute atomic E-state index is 0.00594. The molecule has 4 N–H and O–H groups in total. The lowest BCUT2D eigenvalue weighted by atomic mass is 10.0. The highest BCUT2D eigenvalue weighted by molar-refractivity contribution is 6.31. The molecule has 12 heteroatoms. The number of anilines is 2. The van der Waals surface area contributed by atoms with Gasteiger partial charge in [0.25, 0.3) is 5.91 Å². The molecule has 59 heavy (non-hydrogen) atoms. The summed E-state index contributed by atoms with van der Waals surface area (Å²) >= 11 is 6.10. The van der Waals surface area contributed by atoms with Crippen LogP contribution in [0.2, 0.25) is 5.02 Å². The number of para-hydroxylation sites is 1. The normalized spacial score (nSPS) is 12.1. The van der Waals surface area contributed by atoms with E-state index in [0.717, 1.165) is 22.2 Å². The number of fused-ring (bicyclic) bond motifs is 5. The molecule has 0 saturated carbocycles. The van der Waals surface area contributed by atoms with Gasteiger partial charge in [-0.15, -0.1) is 10.2 Å². The Morgan fingerprint density at radius 1 is 0.576 bits per heavy atom. The number of phenolic OH excluding ortho intramolecular Hbond substituents is 2. The summed E-state index contributed by atoms with van der Waals surface area (Å²) in [5.41, 5.74) is 8.13. The SMILES string of the molecule is O=C1c2cc(N=Nc3c(O)c(CONc4ccccc4)cc4ccccc34)ccc2-c2ccc(N=Nc3c(O)c(C(=O)Nc4cccc(Cl)c4)cc4ccccc34)cc21.